The summed E-state index contributed by atoms with van der Waals surface area (Å²) in [6, 6.07) is 0. The van der Waals surface area contributed by atoms with Gasteiger partial charge in [-0.05, 0) is 5.53 Å². The van der Waals surface area contributed by atoms with E-state index in [9.17, 15) is 24.0 Å². The average molecular weight is 534 g/mol. The van der Waals surface area contributed by atoms with Crippen LogP contribution in [0.3, 0.4) is 0 Å². The lowest BCUT2D eigenvalue weighted by Gasteiger charge is -2.14. The molecule has 1 atom stereocenters. The fraction of sp³-hybridized carbons (Fsp3) is 0.737. The monoisotopic (exact) mass is 533 g/mol. The van der Waals surface area contributed by atoms with Crippen molar-refractivity contribution in [3.63, 3.8) is 0 Å². The van der Waals surface area contributed by atoms with Crippen molar-refractivity contribution in [2.75, 3.05) is 65.2 Å². The van der Waals surface area contributed by atoms with Gasteiger partial charge < -0.3 is 35.4 Å². The predicted molar refractivity (Wildman–Crippen MR) is 125 cm³/mol. The molecule has 36 heavy (non-hydrogen) atoms. The number of amides is 4. The van der Waals surface area contributed by atoms with Crippen LogP contribution in [0.1, 0.15) is 19.3 Å². The highest BCUT2D eigenvalue weighted by Gasteiger charge is 2.41. The molecule has 0 aliphatic carbocycles. The summed E-state index contributed by atoms with van der Waals surface area (Å²) in [5, 5.41) is 7.94. The van der Waals surface area contributed by atoms with Crippen molar-refractivity contribution in [3.8, 4) is 0 Å². The zero-order valence-corrected chi connectivity index (χ0v) is 20.5. The minimum atomic E-state index is -0.915. The summed E-state index contributed by atoms with van der Waals surface area (Å²) < 4.78 is 15.4. The van der Waals surface area contributed by atoms with Gasteiger partial charge in [-0.25, -0.2) is 4.79 Å². The number of imide groups is 1. The van der Waals surface area contributed by atoms with E-state index in [-0.39, 0.29) is 83.0 Å². The SMILES string of the molecule is [N-]=[N+]=NCCOCCOCCOCC(=O)ON1C(=O)CC(SCCC(=O)NCCC(=O)NCN)C1=O. The van der Waals surface area contributed by atoms with E-state index in [2.05, 4.69) is 20.7 Å². The molecule has 16 nitrogen and oxygen atoms in total. The highest BCUT2D eigenvalue weighted by atomic mass is 32.2. The second-order valence-corrected chi connectivity index (χ2v) is 8.25. The van der Waals surface area contributed by atoms with Gasteiger partial charge in [0, 0.05) is 36.6 Å². The first kappa shape index (κ1) is 31.1. The van der Waals surface area contributed by atoms with Gasteiger partial charge in [-0.1, -0.05) is 5.11 Å². The molecule has 4 N–H and O–H groups in total. The lowest BCUT2D eigenvalue weighted by Crippen LogP contribution is -2.35. The largest absolute Gasteiger partial charge is 0.379 e. The van der Waals surface area contributed by atoms with Crippen molar-refractivity contribution < 1.29 is 43.0 Å². The number of ether oxygens (including phenoxy) is 3. The Morgan fingerprint density at radius 1 is 1.06 bits per heavy atom. The maximum absolute atomic E-state index is 12.4. The third kappa shape index (κ3) is 13.8. The van der Waals surface area contributed by atoms with Crippen molar-refractivity contribution in [1.82, 2.24) is 15.7 Å². The number of carbonyl (C=O) groups is 5. The average Bonchev–Trinajstić information content (AvgIpc) is 3.10. The molecule has 17 heteroatoms. The molecular formula is C19H31N7O9S. The summed E-state index contributed by atoms with van der Waals surface area (Å²) in [6.45, 7) is 1.07. The van der Waals surface area contributed by atoms with Crippen LogP contribution >= 0.6 is 11.8 Å². The first-order valence-corrected chi connectivity index (χ1v) is 12.1. The van der Waals surface area contributed by atoms with Gasteiger partial charge in [-0.3, -0.25) is 19.2 Å². The summed E-state index contributed by atoms with van der Waals surface area (Å²) in [6.07, 6.45) is 0.0228. The maximum atomic E-state index is 12.4. The topological polar surface area (TPSA) is 224 Å². The number of nitrogens with one attached hydrogen (secondary N) is 2. The van der Waals surface area contributed by atoms with Gasteiger partial charge in [0.2, 0.25) is 11.8 Å². The molecule has 202 valence electrons. The van der Waals surface area contributed by atoms with Crippen molar-refractivity contribution in [3.05, 3.63) is 10.4 Å². The molecular weight excluding hydrogens is 502 g/mol. The third-order valence-electron chi connectivity index (χ3n) is 4.24. The normalized spacial score (nSPS) is 14.9. The predicted octanol–water partition coefficient (Wildman–Crippen LogP) is -1.41. The van der Waals surface area contributed by atoms with Crippen LogP contribution in [0.25, 0.3) is 10.4 Å². The van der Waals surface area contributed by atoms with E-state index < -0.39 is 29.6 Å². The molecule has 0 aromatic carbocycles. The fourth-order valence-corrected chi connectivity index (χ4v) is 3.67. The molecule has 0 bridgehead atoms. The zero-order valence-electron chi connectivity index (χ0n) is 19.7. The standard InChI is InChI=1S/C19H31N7O9S/c20-13-23-15(27)1-3-22-16(28)2-10-36-14-11-17(29)26(19(14)31)35-18(30)12-34-9-8-33-7-6-32-5-4-24-25-21/h14H,1-13,20H2,(H,22,28)(H,23,27). The molecule has 1 aliphatic rings. The Labute approximate surface area is 211 Å². The van der Waals surface area contributed by atoms with Crippen molar-refractivity contribution in [1.29, 1.82) is 0 Å². The number of nitrogens with two attached hydrogens (primary N) is 1. The van der Waals surface area contributed by atoms with Crippen LogP contribution in [0.5, 0.6) is 0 Å². The number of carbonyl (C=O) groups excluding carboxylic acids is 5. The number of nitrogens with zero attached hydrogens (tertiary/aromatic N) is 4. The van der Waals surface area contributed by atoms with E-state index in [1.54, 1.807) is 0 Å². The number of rotatable bonds is 20. The molecule has 0 aromatic rings. The van der Waals surface area contributed by atoms with Gasteiger partial charge >= 0.3 is 5.97 Å². The third-order valence-corrected chi connectivity index (χ3v) is 5.45. The second kappa shape index (κ2) is 19.3. The van der Waals surface area contributed by atoms with Crippen molar-refractivity contribution >= 4 is 41.4 Å². The smallest absolute Gasteiger partial charge is 0.358 e. The second-order valence-electron chi connectivity index (χ2n) is 6.94. The van der Waals surface area contributed by atoms with Gasteiger partial charge in [0.1, 0.15) is 6.61 Å². The molecule has 1 fully saturated rings. The van der Waals surface area contributed by atoms with E-state index in [1.807, 2.05) is 0 Å². The molecule has 0 aromatic heterocycles. The number of azide groups is 1. The highest BCUT2D eigenvalue weighted by Crippen LogP contribution is 2.26. The lowest BCUT2D eigenvalue weighted by molar-refractivity contribution is -0.200. The fourth-order valence-electron chi connectivity index (χ4n) is 2.58. The van der Waals surface area contributed by atoms with E-state index in [1.165, 1.54) is 0 Å². The van der Waals surface area contributed by atoms with Gasteiger partial charge in [0.05, 0.1) is 51.4 Å². The maximum Gasteiger partial charge on any atom is 0.358 e. The molecule has 4 amide bonds. The minimum absolute atomic E-state index is 0.0198. The van der Waals surface area contributed by atoms with E-state index in [0.29, 0.717) is 11.7 Å². The number of hydrogen-bond donors (Lipinski definition) is 3. The Kier molecular flexibility index (Phi) is 16.6. The van der Waals surface area contributed by atoms with E-state index in [4.69, 9.17) is 30.3 Å². The number of hydrogen-bond acceptors (Lipinski definition) is 12. The molecule has 1 aliphatic heterocycles. The van der Waals surface area contributed by atoms with Gasteiger partial charge in [0.25, 0.3) is 11.8 Å². The Hall–Kier alpha value is -2.95. The Bertz CT molecular complexity index is 795. The van der Waals surface area contributed by atoms with Crippen LogP contribution in [-0.4, -0.2) is 105 Å². The minimum Gasteiger partial charge on any atom is -0.379 e. The van der Waals surface area contributed by atoms with Crippen LogP contribution in [0.15, 0.2) is 5.11 Å². The summed E-state index contributed by atoms with van der Waals surface area (Å²) in [7, 11) is 0. The summed E-state index contributed by atoms with van der Waals surface area (Å²) >= 11 is 1.10. The molecule has 1 saturated heterocycles. The van der Waals surface area contributed by atoms with Crippen molar-refractivity contribution in [2.45, 2.75) is 24.5 Å². The molecule has 0 spiro atoms. The first-order valence-electron chi connectivity index (χ1n) is 11.1. The van der Waals surface area contributed by atoms with Crippen LogP contribution in [0.4, 0.5) is 0 Å². The summed E-state index contributed by atoms with van der Waals surface area (Å²) in [5.74, 6) is -2.58. The Morgan fingerprint density at radius 3 is 2.42 bits per heavy atom. The zero-order chi connectivity index (χ0) is 26.6. The molecule has 0 saturated carbocycles. The van der Waals surface area contributed by atoms with E-state index >= 15 is 0 Å². The molecule has 0 radical (unpaired) electrons. The van der Waals surface area contributed by atoms with Crippen LogP contribution in [-0.2, 0) is 43.0 Å². The molecule has 1 heterocycles. The van der Waals surface area contributed by atoms with Crippen LogP contribution in [0.2, 0.25) is 0 Å². The van der Waals surface area contributed by atoms with Gasteiger partial charge in [0.15, 0.2) is 0 Å². The number of thioether (sulfide) groups is 1. The van der Waals surface area contributed by atoms with Gasteiger partial charge in [-0.15, -0.1) is 16.8 Å². The molecule has 1 unspecified atom stereocenters. The number of hydroxylamine groups is 2. The quantitative estimate of drug-likeness (QED) is 0.0411. The van der Waals surface area contributed by atoms with Gasteiger partial charge in [-0.2, -0.15) is 0 Å². The Balaban J connectivity index is 2.14. The van der Waals surface area contributed by atoms with Crippen LogP contribution in [0, 0.1) is 0 Å². The molecule has 1 rings (SSSR count). The summed E-state index contributed by atoms with van der Waals surface area (Å²) in [5.41, 5.74) is 13.3. The Morgan fingerprint density at radius 2 is 1.72 bits per heavy atom. The summed E-state index contributed by atoms with van der Waals surface area (Å²) in [4.78, 5) is 66.7. The van der Waals surface area contributed by atoms with E-state index in [0.717, 1.165) is 11.8 Å². The van der Waals surface area contributed by atoms with Crippen LogP contribution < -0.4 is 16.4 Å². The highest BCUT2D eigenvalue weighted by molar-refractivity contribution is 8.00. The van der Waals surface area contributed by atoms with Crippen molar-refractivity contribution in [2.24, 2.45) is 10.8 Å². The first-order chi connectivity index (χ1) is 17.4. The lowest BCUT2D eigenvalue weighted by atomic mass is 10.3.